The lowest BCUT2D eigenvalue weighted by molar-refractivity contribution is 0.0264. The van der Waals surface area contributed by atoms with Gasteiger partial charge in [0.25, 0.3) is 11.5 Å². The minimum atomic E-state index is -0.278. The third kappa shape index (κ3) is 3.53. The van der Waals surface area contributed by atoms with Crippen LogP contribution in [0.2, 0.25) is 0 Å². The highest BCUT2D eigenvalue weighted by atomic mass is 16.5. The second-order valence-corrected chi connectivity index (χ2v) is 6.66. The highest BCUT2D eigenvalue weighted by Crippen LogP contribution is 2.25. The Bertz CT molecular complexity index is 639. The number of carbonyl (C=O) groups is 1. The molecular formula is C17H25N3O4. The highest BCUT2D eigenvalue weighted by Gasteiger charge is 2.36. The number of carbonyl (C=O) groups excluding carboxylic acids is 1. The van der Waals surface area contributed by atoms with E-state index in [1.807, 2.05) is 0 Å². The highest BCUT2D eigenvalue weighted by molar-refractivity contribution is 5.94. The summed E-state index contributed by atoms with van der Waals surface area (Å²) >= 11 is 0. The molecule has 2 aliphatic rings. The minimum Gasteiger partial charge on any atom is -0.396 e. The van der Waals surface area contributed by atoms with E-state index in [-0.39, 0.29) is 35.5 Å². The SMILES string of the molecule is Cn1cccc(C(=O)N2C[C@@H](CN3CCOCC3)[C@@H](CO)C2)c1=O. The van der Waals surface area contributed by atoms with Gasteiger partial charge in [0.15, 0.2) is 0 Å². The molecule has 2 fully saturated rings. The maximum atomic E-state index is 12.7. The minimum absolute atomic E-state index is 0.0596. The van der Waals surface area contributed by atoms with Crippen LogP contribution in [0.15, 0.2) is 23.1 Å². The van der Waals surface area contributed by atoms with Gasteiger partial charge in [-0.2, -0.15) is 0 Å². The summed E-state index contributed by atoms with van der Waals surface area (Å²) in [5, 5.41) is 9.69. The van der Waals surface area contributed by atoms with Gasteiger partial charge in [-0.1, -0.05) is 0 Å². The first-order chi connectivity index (χ1) is 11.6. The largest absolute Gasteiger partial charge is 0.396 e. The Balaban J connectivity index is 1.70. The number of aliphatic hydroxyl groups is 1. The third-order valence-electron chi connectivity index (χ3n) is 5.05. The first-order valence-electron chi connectivity index (χ1n) is 8.46. The van der Waals surface area contributed by atoms with Gasteiger partial charge in [-0.3, -0.25) is 14.5 Å². The zero-order valence-electron chi connectivity index (χ0n) is 14.1. The van der Waals surface area contributed by atoms with E-state index in [1.54, 1.807) is 30.3 Å². The number of hydrogen-bond donors (Lipinski definition) is 1. The van der Waals surface area contributed by atoms with Crippen molar-refractivity contribution in [3.05, 3.63) is 34.2 Å². The van der Waals surface area contributed by atoms with Crippen LogP contribution in [0.5, 0.6) is 0 Å². The van der Waals surface area contributed by atoms with E-state index in [0.29, 0.717) is 13.1 Å². The molecule has 2 saturated heterocycles. The Kier molecular flexibility index (Phi) is 5.33. The van der Waals surface area contributed by atoms with Gasteiger partial charge in [0.1, 0.15) is 5.56 Å². The number of hydrogen-bond acceptors (Lipinski definition) is 5. The van der Waals surface area contributed by atoms with E-state index in [9.17, 15) is 14.7 Å². The van der Waals surface area contributed by atoms with Crippen LogP contribution in [-0.4, -0.2) is 77.9 Å². The maximum Gasteiger partial charge on any atom is 0.263 e. The van der Waals surface area contributed by atoms with Crippen LogP contribution in [0.4, 0.5) is 0 Å². The van der Waals surface area contributed by atoms with Crippen LogP contribution < -0.4 is 5.56 Å². The summed E-state index contributed by atoms with van der Waals surface area (Å²) in [4.78, 5) is 28.9. The number of aryl methyl sites for hydroxylation is 1. The first-order valence-corrected chi connectivity index (χ1v) is 8.46. The summed E-state index contributed by atoms with van der Waals surface area (Å²) in [7, 11) is 1.64. The smallest absolute Gasteiger partial charge is 0.263 e. The molecule has 3 heterocycles. The van der Waals surface area contributed by atoms with Crippen LogP contribution in [-0.2, 0) is 11.8 Å². The normalized spacial score (nSPS) is 25.2. The van der Waals surface area contributed by atoms with Crippen LogP contribution in [0.1, 0.15) is 10.4 Å². The van der Waals surface area contributed by atoms with Crippen molar-refractivity contribution in [2.45, 2.75) is 0 Å². The van der Waals surface area contributed by atoms with Gasteiger partial charge in [0, 0.05) is 58.5 Å². The number of morpholine rings is 1. The van der Waals surface area contributed by atoms with E-state index in [0.717, 1.165) is 32.8 Å². The summed E-state index contributed by atoms with van der Waals surface area (Å²) in [6.45, 7) is 5.25. The van der Waals surface area contributed by atoms with Gasteiger partial charge < -0.3 is 19.3 Å². The fourth-order valence-electron chi connectivity index (χ4n) is 3.56. The second-order valence-electron chi connectivity index (χ2n) is 6.66. The first kappa shape index (κ1) is 17.1. The molecule has 1 N–H and O–H groups in total. The number of aliphatic hydroxyl groups excluding tert-OH is 1. The molecule has 0 bridgehead atoms. The molecule has 132 valence electrons. The number of ether oxygens (including phenoxy) is 1. The predicted octanol–water partition coefficient (Wildman–Crippen LogP) is -0.602. The quantitative estimate of drug-likeness (QED) is 0.795. The molecule has 0 spiro atoms. The second kappa shape index (κ2) is 7.46. The van der Waals surface area contributed by atoms with Crippen molar-refractivity contribution in [3.63, 3.8) is 0 Å². The van der Waals surface area contributed by atoms with Gasteiger partial charge in [-0.05, 0) is 18.1 Å². The van der Waals surface area contributed by atoms with Crippen molar-refractivity contribution in [1.82, 2.24) is 14.4 Å². The molecule has 0 saturated carbocycles. The molecule has 24 heavy (non-hydrogen) atoms. The Morgan fingerprint density at radius 3 is 2.71 bits per heavy atom. The Morgan fingerprint density at radius 2 is 2.00 bits per heavy atom. The fourth-order valence-corrected chi connectivity index (χ4v) is 3.56. The number of aromatic nitrogens is 1. The van der Waals surface area contributed by atoms with Gasteiger partial charge in [-0.25, -0.2) is 0 Å². The number of likely N-dealkylation sites (tertiary alicyclic amines) is 1. The Morgan fingerprint density at radius 1 is 1.29 bits per heavy atom. The molecule has 1 aromatic rings. The van der Waals surface area contributed by atoms with E-state index in [2.05, 4.69) is 4.90 Å². The summed E-state index contributed by atoms with van der Waals surface area (Å²) in [5.74, 6) is 0.0492. The average molecular weight is 335 g/mol. The van der Waals surface area contributed by atoms with Crippen molar-refractivity contribution in [2.24, 2.45) is 18.9 Å². The van der Waals surface area contributed by atoms with Crippen LogP contribution >= 0.6 is 0 Å². The third-order valence-corrected chi connectivity index (χ3v) is 5.05. The Labute approximate surface area is 141 Å². The van der Waals surface area contributed by atoms with Crippen molar-refractivity contribution in [1.29, 1.82) is 0 Å². The Hall–Kier alpha value is -1.70. The van der Waals surface area contributed by atoms with Gasteiger partial charge in [0.2, 0.25) is 0 Å². The lowest BCUT2D eigenvalue weighted by Crippen LogP contribution is -2.41. The number of pyridine rings is 1. The van der Waals surface area contributed by atoms with Crippen molar-refractivity contribution in [3.8, 4) is 0 Å². The van der Waals surface area contributed by atoms with Gasteiger partial charge >= 0.3 is 0 Å². The fraction of sp³-hybridized carbons (Fsp3) is 0.647. The molecular weight excluding hydrogens is 310 g/mol. The molecule has 3 rings (SSSR count). The molecule has 0 radical (unpaired) electrons. The van der Waals surface area contributed by atoms with E-state index in [4.69, 9.17) is 4.74 Å². The topological polar surface area (TPSA) is 75.0 Å². The molecule has 2 atom stereocenters. The van der Waals surface area contributed by atoms with E-state index in [1.165, 1.54) is 4.57 Å². The lowest BCUT2D eigenvalue weighted by atomic mass is 9.96. The molecule has 0 aromatic carbocycles. The molecule has 7 nitrogen and oxygen atoms in total. The molecule has 1 amide bonds. The van der Waals surface area contributed by atoms with E-state index >= 15 is 0 Å². The molecule has 0 aliphatic carbocycles. The standard InChI is InChI=1S/C17H25N3O4/c1-18-4-2-3-15(16(18)22)17(23)20-10-13(14(11-20)12-21)9-19-5-7-24-8-6-19/h2-4,13-14,21H,5-12H2,1H3/t13-,14-/m1/s1. The zero-order valence-corrected chi connectivity index (χ0v) is 14.1. The average Bonchev–Trinajstić information content (AvgIpc) is 3.00. The number of amides is 1. The lowest BCUT2D eigenvalue weighted by Gasteiger charge is -2.30. The zero-order chi connectivity index (χ0) is 17.1. The van der Waals surface area contributed by atoms with Crippen LogP contribution in [0.25, 0.3) is 0 Å². The molecule has 0 unspecified atom stereocenters. The van der Waals surface area contributed by atoms with Crippen molar-refractivity contribution < 1.29 is 14.6 Å². The van der Waals surface area contributed by atoms with Crippen molar-refractivity contribution in [2.75, 3.05) is 52.5 Å². The summed E-state index contributed by atoms with van der Waals surface area (Å²) < 4.78 is 6.78. The number of rotatable bonds is 4. The van der Waals surface area contributed by atoms with Crippen molar-refractivity contribution >= 4 is 5.91 Å². The van der Waals surface area contributed by atoms with Crippen LogP contribution in [0, 0.1) is 11.8 Å². The molecule has 1 aromatic heterocycles. The van der Waals surface area contributed by atoms with E-state index < -0.39 is 0 Å². The monoisotopic (exact) mass is 335 g/mol. The summed E-state index contributed by atoms with van der Waals surface area (Å²) in [6.07, 6.45) is 1.64. The maximum absolute atomic E-state index is 12.7. The van der Waals surface area contributed by atoms with Gasteiger partial charge in [-0.15, -0.1) is 0 Å². The molecule has 2 aliphatic heterocycles. The van der Waals surface area contributed by atoms with Gasteiger partial charge in [0.05, 0.1) is 13.2 Å². The number of nitrogens with zero attached hydrogens (tertiary/aromatic N) is 3. The van der Waals surface area contributed by atoms with Crippen LogP contribution in [0.3, 0.4) is 0 Å². The molecule has 7 heteroatoms. The summed E-state index contributed by atoms with van der Waals surface area (Å²) in [6, 6.07) is 3.29. The summed E-state index contributed by atoms with van der Waals surface area (Å²) in [5.41, 5.74) is -0.0802. The predicted molar refractivity (Wildman–Crippen MR) is 88.9 cm³/mol.